The number of nitrogens with one attached hydrogen (secondary N) is 3. The summed E-state index contributed by atoms with van der Waals surface area (Å²) in [6, 6.07) is 6.47. The van der Waals surface area contributed by atoms with Crippen LogP contribution in [-0.4, -0.2) is 33.6 Å². The summed E-state index contributed by atoms with van der Waals surface area (Å²) in [5.41, 5.74) is 8.25. The minimum atomic E-state index is 0.314. The van der Waals surface area contributed by atoms with E-state index in [9.17, 15) is 0 Å². The summed E-state index contributed by atoms with van der Waals surface area (Å²) in [7, 11) is 0. The van der Waals surface area contributed by atoms with Gasteiger partial charge in [-0.1, -0.05) is 0 Å². The first kappa shape index (κ1) is 13.0. The van der Waals surface area contributed by atoms with Gasteiger partial charge in [0.05, 0.1) is 6.04 Å². The van der Waals surface area contributed by atoms with Crippen molar-refractivity contribution in [2.24, 2.45) is 0 Å². The Hall–Kier alpha value is -2.05. The highest BCUT2D eigenvalue weighted by Gasteiger charge is 2.22. The second-order valence-electron chi connectivity index (χ2n) is 5.02. The lowest BCUT2D eigenvalue weighted by atomic mass is 10.2. The van der Waals surface area contributed by atoms with E-state index in [1.54, 1.807) is 12.4 Å². The Morgan fingerprint density at radius 1 is 1.25 bits per heavy atom. The maximum atomic E-state index is 4.60. The molecule has 0 aromatic carbocycles. The summed E-state index contributed by atoms with van der Waals surface area (Å²) >= 11 is 0. The SMILES string of the molecule is Cc1cc(NC2CNNC2C)nc(-c2ccncc2)n1. The first-order chi connectivity index (χ1) is 9.72. The Labute approximate surface area is 118 Å². The Kier molecular flexibility index (Phi) is 3.58. The normalized spacial score (nSPS) is 21.9. The lowest BCUT2D eigenvalue weighted by Gasteiger charge is -2.17. The van der Waals surface area contributed by atoms with Crippen LogP contribution in [0.15, 0.2) is 30.6 Å². The zero-order valence-electron chi connectivity index (χ0n) is 11.6. The van der Waals surface area contributed by atoms with Gasteiger partial charge in [-0.3, -0.25) is 15.8 Å². The topological polar surface area (TPSA) is 74.8 Å². The summed E-state index contributed by atoms with van der Waals surface area (Å²) < 4.78 is 0. The molecule has 0 radical (unpaired) electrons. The lowest BCUT2D eigenvalue weighted by molar-refractivity contribution is 0.578. The summed E-state index contributed by atoms with van der Waals surface area (Å²) in [4.78, 5) is 13.1. The van der Waals surface area contributed by atoms with E-state index in [4.69, 9.17) is 0 Å². The van der Waals surface area contributed by atoms with Crippen molar-refractivity contribution >= 4 is 5.82 Å². The predicted octanol–water partition coefficient (Wildman–Crippen LogP) is 1.12. The molecule has 1 fully saturated rings. The van der Waals surface area contributed by atoms with Gasteiger partial charge in [0.1, 0.15) is 5.82 Å². The average Bonchev–Trinajstić information content (AvgIpc) is 2.85. The molecule has 20 heavy (non-hydrogen) atoms. The van der Waals surface area contributed by atoms with Crippen molar-refractivity contribution in [2.45, 2.75) is 25.9 Å². The van der Waals surface area contributed by atoms with Crippen molar-refractivity contribution in [1.29, 1.82) is 0 Å². The number of aromatic nitrogens is 3. The van der Waals surface area contributed by atoms with Gasteiger partial charge in [0.25, 0.3) is 0 Å². The number of pyridine rings is 1. The molecule has 6 heteroatoms. The molecule has 3 N–H and O–H groups in total. The molecular weight excluding hydrogens is 252 g/mol. The van der Waals surface area contributed by atoms with Gasteiger partial charge in [-0.2, -0.15) is 0 Å². The number of anilines is 1. The Bertz CT molecular complexity index is 585. The first-order valence-electron chi connectivity index (χ1n) is 6.73. The molecule has 0 aliphatic carbocycles. The number of rotatable bonds is 3. The van der Waals surface area contributed by atoms with E-state index in [-0.39, 0.29) is 0 Å². The maximum absolute atomic E-state index is 4.60. The van der Waals surface area contributed by atoms with Crippen LogP contribution in [0.5, 0.6) is 0 Å². The van der Waals surface area contributed by atoms with Crippen LogP contribution in [0.25, 0.3) is 11.4 Å². The zero-order chi connectivity index (χ0) is 13.9. The van der Waals surface area contributed by atoms with E-state index in [0.717, 1.165) is 29.4 Å². The second-order valence-corrected chi connectivity index (χ2v) is 5.02. The minimum absolute atomic E-state index is 0.314. The molecule has 0 spiro atoms. The highest BCUT2D eigenvalue weighted by atomic mass is 15.4. The lowest BCUT2D eigenvalue weighted by Crippen LogP contribution is -2.34. The fraction of sp³-hybridized carbons (Fsp3) is 0.357. The van der Waals surface area contributed by atoms with Crippen molar-refractivity contribution in [3.05, 3.63) is 36.3 Å². The molecular formula is C14H18N6. The summed E-state index contributed by atoms with van der Waals surface area (Å²) in [6.45, 7) is 4.98. The van der Waals surface area contributed by atoms with Crippen molar-refractivity contribution in [2.75, 3.05) is 11.9 Å². The standard InChI is InChI=1S/C14H18N6/c1-9-7-13(18-12-8-16-20-10(12)2)19-14(17-9)11-3-5-15-6-4-11/h3-7,10,12,16,20H,8H2,1-2H3,(H,17,18,19). The maximum Gasteiger partial charge on any atom is 0.161 e. The van der Waals surface area contributed by atoms with Gasteiger partial charge in [0.2, 0.25) is 0 Å². The zero-order valence-corrected chi connectivity index (χ0v) is 11.6. The summed E-state index contributed by atoms with van der Waals surface area (Å²) in [6.07, 6.45) is 3.50. The monoisotopic (exact) mass is 270 g/mol. The van der Waals surface area contributed by atoms with Gasteiger partial charge in [-0.15, -0.1) is 0 Å². The molecule has 1 aliphatic heterocycles. The van der Waals surface area contributed by atoms with Crippen LogP contribution in [0.1, 0.15) is 12.6 Å². The highest BCUT2D eigenvalue weighted by molar-refractivity contribution is 5.56. The predicted molar refractivity (Wildman–Crippen MR) is 78.0 cm³/mol. The molecule has 2 aromatic heterocycles. The fourth-order valence-electron chi connectivity index (χ4n) is 2.25. The number of hydrazine groups is 1. The molecule has 0 amide bonds. The Morgan fingerprint density at radius 2 is 2.05 bits per heavy atom. The van der Waals surface area contributed by atoms with Crippen LogP contribution < -0.4 is 16.2 Å². The molecule has 2 atom stereocenters. The largest absolute Gasteiger partial charge is 0.364 e. The van der Waals surface area contributed by atoms with Crippen molar-refractivity contribution in [3.63, 3.8) is 0 Å². The van der Waals surface area contributed by atoms with Crippen LogP contribution in [0.4, 0.5) is 5.82 Å². The third kappa shape index (κ3) is 2.76. The molecule has 3 rings (SSSR count). The molecule has 0 saturated carbocycles. The van der Waals surface area contributed by atoms with E-state index in [1.807, 2.05) is 25.1 Å². The molecule has 2 aromatic rings. The smallest absolute Gasteiger partial charge is 0.161 e. The molecule has 2 unspecified atom stereocenters. The van der Waals surface area contributed by atoms with Crippen molar-refractivity contribution < 1.29 is 0 Å². The highest BCUT2D eigenvalue weighted by Crippen LogP contribution is 2.18. The van der Waals surface area contributed by atoms with Gasteiger partial charge in [-0.25, -0.2) is 9.97 Å². The molecule has 3 heterocycles. The van der Waals surface area contributed by atoms with Crippen molar-refractivity contribution in [1.82, 2.24) is 25.8 Å². The van der Waals surface area contributed by atoms with Crippen LogP contribution in [-0.2, 0) is 0 Å². The van der Waals surface area contributed by atoms with Crippen LogP contribution in [0.3, 0.4) is 0 Å². The van der Waals surface area contributed by atoms with Gasteiger partial charge >= 0.3 is 0 Å². The number of nitrogens with zero attached hydrogens (tertiary/aromatic N) is 3. The minimum Gasteiger partial charge on any atom is -0.364 e. The van der Waals surface area contributed by atoms with Gasteiger partial charge in [0.15, 0.2) is 5.82 Å². The van der Waals surface area contributed by atoms with Crippen LogP contribution in [0.2, 0.25) is 0 Å². The van der Waals surface area contributed by atoms with E-state index in [1.165, 1.54) is 0 Å². The van der Waals surface area contributed by atoms with Gasteiger partial charge in [0, 0.05) is 42.3 Å². The van der Waals surface area contributed by atoms with Gasteiger partial charge < -0.3 is 5.32 Å². The summed E-state index contributed by atoms with van der Waals surface area (Å²) in [5, 5.41) is 3.45. The fourth-order valence-corrected chi connectivity index (χ4v) is 2.25. The third-order valence-corrected chi connectivity index (χ3v) is 3.38. The summed E-state index contributed by atoms with van der Waals surface area (Å²) in [5.74, 6) is 1.58. The number of hydrogen-bond acceptors (Lipinski definition) is 6. The first-order valence-corrected chi connectivity index (χ1v) is 6.73. The quantitative estimate of drug-likeness (QED) is 0.776. The average molecular weight is 270 g/mol. The number of aryl methyl sites for hydroxylation is 1. The van der Waals surface area contributed by atoms with Crippen LogP contribution >= 0.6 is 0 Å². The van der Waals surface area contributed by atoms with E-state index < -0.39 is 0 Å². The molecule has 1 aliphatic rings. The molecule has 104 valence electrons. The Balaban J connectivity index is 1.87. The second kappa shape index (κ2) is 5.52. The van der Waals surface area contributed by atoms with E-state index in [0.29, 0.717) is 12.1 Å². The molecule has 6 nitrogen and oxygen atoms in total. The van der Waals surface area contributed by atoms with E-state index >= 15 is 0 Å². The van der Waals surface area contributed by atoms with Crippen molar-refractivity contribution in [3.8, 4) is 11.4 Å². The van der Waals surface area contributed by atoms with E-state index in [2.05, 4.69) is 38.0 Å². The van der Waals surface area contributed by atoms with Crippen LogP contribution in [0, 0.1) is 6.92 Å². The Morgan fingerprint density at radius 3 is 2.75 bits per heavy atom. The third-order valence-electron chi connectivity index (χ3n) is 3.38. The molecule has 1 saturated heterocycles. The molecule has 0 bridgehead atoms. The van der Waals surface area contributed by atoms with Gasteiger partial charge in [-0.05, 0) is 26.0 Å². The number of hydrogen-bond donors (Lipinski definition) is 3.